The number of hydrogen-bond donors (Lipinski definition) is 1. The zero-order valence-electron chi connectivity index (χ0n) is 12.0. The number of aliphatic hydroxyl groups excluding tert-OH is 1. The van der Waals surface area contributed by atoms with Crippen LogP contribution in [0.5, 0.6) is 0 Å². The number of nitrogens with zero attached hydrogens (tertiary/aromatic N) is 3. The fraction of sp³-hybridized carbons (Fsp3) is 0.500. The van der Waals surface area contributed by atoms with E-state index >= 15 is 0 Å². The zero-order chi connectivity index (χ0) is 14.1. The van der Waals surface area contributed by atoms with Gasteiger partial charge in [-0.3, -0.25) is 0 Å². The fourth-order valence-electron chi connectivity index (χ4n) is 2.55. The molecule has 0 amide bonds. The van der Waals surface area contributed by atoms with E-state index in [0.29, 0.717) is 6.42 Å². The first-order chi connectivity index (χ1) is 9.65. The third-order valence-corrected chi connectivity index (χ3v) is 3.88. The molecule has 0 aliphatic heterocycles. The molecule has 0 bridgehead atoms. The van der Waals surface area contributed by atoms with E-state index in [-0.39, 0.29) is 6.04 Å². The summed E-state index contributed by atoms with van der Waals surface area (Å²) in [7, 11) is 0. The second kappa shape index (κ2) is 5.37. The maximum absolute atomic E-state index is 10.4. The minimum atomic E-state index is -0.523. The van der Waals surface area contributed by atoms with Crippen LogP contribution >= 0.6 is 0 Å². The highest BCUT2D eigenvalue weighted by Gasteiger charge is 2.23. The smallest absolute Gasteiger partial charge is 0.138 e. The molecule has 2 aromatic rings. The topological polar surface area (TPSA) is 50.9 Å². The SMILES string of the molecule is CC(C)n1ncnc1CC(O)c1ccc(C2CC2)cc1. The summed E-state index contributed by atoms with van der Waals surface area (Å²) in [6.45, 7) is 4.13. The number of aliphatic hydroxyl groups is 1. The van der Waals surface area contributed by atoms with Crippen molar-refractivity contribution in [3.63, 3.8) is 0 Å². The molecule has 1 N–H and O–H groups in total. The lowest BCUT2D eigenvalue weighted by molar-refractivity contribution is 0.173. The molecule has 1 aliphatic rings. The van der Waals surface area contributed by atoms with Crippen molar-refractivity contribution in [3.05, 3.63) is 47.5 Å². The third-order valence-electron chi connectivity index (χ3n) is 3.88. The molecule has 106 valence electrons. The van der Waals surface area contributed by atoms with Crippen molar-refractivity contribution in [2.24, 2.45) is 0 Å². The Balaban J connectivity index is 1.71. The van der Waals surface area contributed by atoms with Crippen LogP contribution in [0.4, 0.5) is 0 Å². The minimum Gasteiger partial charge on any atom is -0.388 e. The second-order valence-electron chi connectivity index (χ2n) is 5.88. The van der Waals surface area contributed by atoms with Gasteiger partial charge in [0.1, 0.15) is 12.2 Å². The predicted molar refractivity (Wildman–Crippen MR) is 77.5 cm³/mol. The fourth-order valence-corrected chi connectivity index (χ4v) is 2.55. The summed E-state index contributed by atoms with van der Waals surface area (Å²) in [4.78, 5) is 4.25. The van der Waals surface area contributed by atoms with E-state index in [4.69, 9.17) is 0 Å². The van der Waals surface area contributed by atoms with E-state index in [2.05, 4.69) is 36.1 Å². The Hall–Kier alpha value is -1.68. The Morgan fingerprint density at radius 3 is 2.55 bits per heavy atom. The molecule has 1 fully saturated rings. The molecule has 1 saturated carbocycles. The Bertz CT molecular complexity index is 570. The molecule has 1 atom stereocenters. The standard InChI is InChI=1S/C16H21N3O/c1-11(2)19-16(17-10-18-19)9-15(20)14-7-5-13(6-8-14)12-3-4-12/h5-8,10-12,15,20H,3-4,9H2,1-2H3. The van der Waals surface area contributed by atoms with Crippen molar-refractivity contribution in [3.8, 4) is 0 Å². The molecule has 0 spiro atoms. The molecule has 0 saturated heterocycles. The van der Waals surface area contributed by atoms with Crippen LogP contribution in [0.3, 0.4) is 0 Å². The van der Waals surface area contributed by atoms with Crippen molar-refractivity contribution >= 4 is 0 Å². The molecule has 1 aromatic carbocycles. The molecule has 1 heterocycles. The van der Waals surface area contributed by atoms with Crippen LogP contribution in [0, 0.1) is 0 Å². The first-order valence-corrected chi connectivity index (χ1v) is 7.31. The number of aromatic nitrogens is 3. The summed E-state index contributed by atoms with van der Waals surface area (Å²) in [6.07, 6.45) is 4.14. The van der Waals surface area contributed by atoms with Gasteiger partial charge in [0.25, 0.3) is 0 Å². The molecular formula is C16H21N3O. The summed E-state index contributed by atoms with van der Waals surface area (Å²) >= 11 is 0. The van der Waals surface area contributed by atoms with Gasteiger partial charge in [-0.05, 0) is 43.7 Å². The van der Waals surface area contributed by atoms with Gasteiger partial charge in [0.15, 0.2) is 0 Å². The predicted octanol–water partition coefficient (Wildman–Crippen LogP) is 3.01. The van der Waals surface area contributed by atoms with Crippen LogP contribution in [0.25, 0.3) is 0 Å². The highest BCUT2D eigenvalue weighted by Crippen LogP contribution is 2.40. The molecule has 20 heavy (non-hydrogen) atoms. The van der Waals surface area contributed by atoms with Gasteiger partial charge in [-0.1, -0.05) is 24.3 Å². The van der Waals surface area contributed by atoms with Crippen molar-refractivity contribution in [2.45, 2.75) is 51.2 Å². The van der Waals surface area contributed by atoms with Crippen LogP contribution in [0.2, 0.25) is 0 Å². The molecule has 4 heteroatoms. The van der Waals surface area contributed by atoms with E-state index in [1.54, 1.807) is 6.33 Å². The number of rotatable bonds is 5. The number of hydrogen-bond acceptors (Lipinski definition) is 3. The molecule has 3 rings (SSSR count). The van der Waals surface area contributed by atoms with E-state index in [9.17, 15) is 5.11 Å². The molecular weight excluding hydrogens is 250 g/mol. The van der Waals surface area contributed by atoms with Gasteiger partial charge in [-0.2, -0.15) is 5.10 Å². The Morgan fingerprint density at radius 1 is 1.25 bits per heavy atom. The largest absolute Gasteiger partial charge is 0.388 e. The number of benzene rings is 1. The van der Waals surface area contributed by atoms with Crippen molar-refractivity contribution < 1.29 is 5.11 Å². The van der Waals surface area contributed by atoms with Gasteiger partial charge >= 0.3 is 0 Å². The Kier molecular flexibility index (Phi) is 3.57. The Morgan fingerprint density at radius 2 is 1.95 bits per heavy atom. The van der Waals surface area contributed by atoms with Crippen LogP contribution in [-0.4, -0.2) is 19.9 Å². The maximum atomic E-state index is 10.4. The highest BCUT2D eigenvalue weighted by molar-refractivity contribution is 5.29. The average Bonchev–Trinajstić information content (AvgIpc) is 3.19. The first kappa shape index (κ1) is 13.3. The van der Waals surface area contributed by atoms with Crippen LogP contribution < -0.4 is 0 Å². The summed E-state index contributed by atoms with van der Waals surface area (Å²) in [5.41, 5.74) is 2.35. The second-order valence-corrected chi connectivity index (χ2v) is 5.88. The lowest BCUT2D eigenvalue weighted by atomic mass is 10.0. The minimum absolute atomic E-state index is 0.261. The van der Waals surface area contributed by atoms with Gasteiger partial charge in [0.2, 0.25) is 0 Å². The highest BCUT2D eigenvalue weighted by atomic mass is 16.3. The molecule has 1 aliphatic carbocycles. The quantitative estimate of drug-likeness (QED) is 0.909. The van der Waals surface area contributed by atoms with E-state index < -0.39 is 6.10 Å². The van der Waals surface area contributed by atoms with E-state index in [0.717, 1.165) is 17.3 Å². The van der Waals surface area contributed by atoms with Gasteiger partial charge in [-0.15, -0.1) is 0 Å². The van der Waals surface area contributed by atoms with Gasteiger partial charge in [-0.25, -0.2) is 9.67 Å². The van der Waals surface area contributed by atoms with Gasteiger partial charge in [0.05, 0.1) is 6.10 Å². The average molecular weight is 271 g/mol. The third kappa shape index (κ3) is 2.75. The van der Waals surface area contributed by atoms with Crippen molar-refractivity contribution in [1.29, 1.82) is 0 Å². The summed E-state index contributed by atoms with van der Waals surface area (Å²) in [5, 5.41) is 14.6. The van der Waals surface area contributed by atoms with Crippen molar-refractivity contribution in [2.75, 3.05) is 0 Å². The van der Waals surface area contributed by atoms with Crippen LogP contribution in [0.1, 0.15) is 61.7 Å². The van der Waals surface area contributed by atoms with Crippen LogP contribution in [-0.2, 0) is 6.42 Å². The molecule has 1 unspecified atom stereocenters. The summed E-state index contributed by atoms with van der Waals surface area (Å²) in [6, 6.07) is 8.62. The summed E-state index contributed by atoms with van der Waals surface area (Å²) in [5.74, 6) is 1.59. The van der Waals surface area contributed by atoms with Crippen molar-refractivity contribution in [1.82, 2.24) is 14.8 Å². The molecule has 1 aromatic heterocycles. The Labute approximate surface area is 119 Å². The normalized spacial score (nSPS) is 16.6. The first-order valence-electron chi connectivity index (χ1n) is 7.31. The molecule has 0 radical (unpaired) electrons. The van der Waals surface area contributed by atoms with Gasteiger partial charge < -0.3 is 5.11 Å². The summed E-state index contributed by atoms with van der Waals surface area (Å²) < 4.78 is 1.86. The van der Waals surface area contributed by atoms with E-state index in [1.165, 1.54) is 18.4 Å². The molecule has 4 nitrogen and oxygen atoms in total. The lowest BCUT2D eigenvalue weighted by Crippen LogP contribution is -2.12. The lowest BCUT2D eigenvalue weighted by Gasteiger charge is -2.14. The zero-order valence-corrected chi connectivity index (χ0v) is 12.0. The maximum Gasteiger partial charge on any atom is 0.138 e. The van der Waals surface area contributed by atoms with E-state index in [1.807, 2.05) is 16.8 Å². The van der Waals surface area contributed by atoms with Crippen LogP contribution in [0.15, 0.2) is 30.6 Å². The van der Waals surface area contributed by atoms with Gasteiger partial charge in [0, 0.05) is 12.5 Å². The monoisotopic (exact) mass is 271 g/mol.